The maximum Gasteiger partial charge on any atom is 0.119 e. The summed E-state index contributed by atoms with van der Waals surface area (Å²) < 4.78 is 10.5. The van der Waals surface area contributed by atoms with E-state index in [-0.39, 0.29) is 6.61 Å². The number of nitrogens with one attached hydrogen (secondary N) is 1. The Morgan fingerprint density at radius 2 is 2.11 bits per heavy atom. The maximum absolute atomic E-state index is 9.60. The van der Waals surface area contributed by atoms with Crippen LogP contribution in [0.1, 0.15) is 19.4 Å². The summed E-state index contributed by atoms with van der Waals surface area (Å²) in [5.74, 6) is 0.781. The van der Waals surface area contributed by atoms with Gasteiger partial charge in [-0.15, -0.1) is 0 Å². The third-order valence-corrected chi connectivity index (χ3v) is 2.30. The lowest BCUT2D eigenvalue weighted by Crippen LogP contribution is -2.27. The van der Waals surface area contributed by atoms with Gasteiger partial charge >= 0.3 is 0 Å². The predicted octanol–water partition coefficient (Wildman–Crippen LogP) is 1.57. The van der Waals surface area contributed by atoms with Gasteiger partial charge in [-0.3, -0.25) is 0 Å². The predicted molar refractivity (Wildman–Crippen MR) is 71.8 cm³/mol. The van der Waals surface area contributed by atoms with Gasteiger partial charge in [0.1, 0.15) is 12.4 Å². The van der Waals surface area contributed by atoms with Crippen molar-refractivity contribution in [2.75, 3.05) is 26.9 Å². The van der Waals surface area contributed by atoms with Crippen LogP contribution in [0.15, 0.2) is 24.3 Å². The number of rotatable bonds is 8. The summed E-state index contributed by atoms with van der Waals surface area (Å²) in [7, 11) is 1.69. The molecule has 1 aromatic rings. The second-order valence-corrected chi connectivity index (χ2v) is 4.92. The molecule has 0 aliphatic heterocycles. The highest BCUT2D eigenvalue weighted by molar-refractivity contribution is 5.28. The molecule has 102 valence electrons. The van der Waals surface area contributed by atoms with Crippen LogP contribution in [0.2, 0.25) is 0 Å². The average molecular weight is 253 g/mol. The van der Waals surface area contributed by atoms with Crippen molar-refractivity contribution in [1.82, 2.24) is 5.32 Å². The molecule has 4 nitrogen and oxygen atoms in total. The minimum Gasteiger partial charge on any atom is -0.491 e. The maximum atomic E-state index is 9.60. The zero-order chi connectivity index (χ0) is 13.4. The van der Waals surface area contributed by atoms with Gasteiger partial charge in [0.05, 0.1) is 12.2 Å². The lowest BCUT2D eigenvalue weighted by molar-refractivity contribution is 0.0284. The molecule has 0 atom stereocenters. The highest BCUT2D eigenvalue weighted by Crippen LogP contribution is 2.15. The molecule has 4 heteroatoms. The van der Waals surface area contributed by atoms with Gasteiger partial charge in [-0.1, -0.05) is 12.1 Å². The molecule has 0 fully saturated rings. The Bertz CT molecular complexity index is 347. The van der Waals surface area contributed by atoms with Crippen LogP contribution in [-0.4, -0.2) is 37.6 Å². The van der Waals surface area contributed by atoms with E-state index >= 15 is 0 Å². The van der Waals surface area contributed by atoms with Gasteiger partial charge in [-0.25, -0.2) is 0 Å². The Labute approximate surface area is 109 Å². The number of aliphatic hydroxyl groups is 1. The molecule has 0 spiro atoms. The average Bonchev–Trinajstić information content (AvgIpc) is 2.32. The summed E-state index contributed by atoms with van der Waals surface area (Å²) in [6.45, 7) is 6.04. The second kappa shape index (κ2) is 7.36. The van der Waals surface area contributed by atoms with Crippen LogP contribution in [0.4, 0.5) is 0 Å². The van der Waals surface area contributed by atoms with E-state index in [9.17, 15) is 5.11 Å². The molecule has 0 saturated heterocycles. The van der Waals surface area contributed by atoms with Gasteiger partial charge in [0.15, 0.2) is 0 Å². The molecule has 0 aromatic heterocycles. The third-order valence-electron chi connectivity index (χ3n) is 2.30. The van der Waals surface area contributed by atoms with Crippen LogP contribution in [-0.2, 0) is 11.3 Å². The molecule has 1 aromatic carbocycles. The Morgan fingerprint density at radius 1 is 1.33 bits per heavy atom. The third kappa shape index (κ3) is 6.59. The molecule has 0 amide bonds. The molecule has 0 unspecified atom stereocenters. The monoisotopic (exact) mass is 253 g/mol. The first-order valence-electron chi connectivity index (χ1n) is 6.15. The van der Waals surface area contributed by atoms with Crippen molar-refractivity contribution in [3.63, 3.8) is 0 Å². The van der Waals surface area contributed by atoms with E-state index in [1.165, 1.54) is 0 Å². The first-order valence-corrected chi connectivity index (χ1v) is 6.15. The van der Waals surface area contributed by atoms with E-state index in [4.69, 9.17) is 9.47 Å². The SMILES string of the molecule is COCCNCc1cccc(OCC(C)(C)O)c1. The molecule has 0 heterocycles. The van der Waals surface area contributed by atoms with Crippen LogP contribution < -0.4 is 10.1 Å². The fourth-order valence-corrected chi connectivity index (χ4v) is 1.41. The quantitative estimate of drug-likeness (QED) is 0.691. The molecule has 0 aliphatic carbocycles. The summed E-state index contributed by atoms with van der Waals surface area (Å²) in [6, 6.07) is 7.86. The largest absolute Gasteiger partial charge is 0.491 e. The molecule has 1 rings (SSSR count). The Morgan fingerprint density at radius 3 is 2.78 bits per heavy atom. The molecule has 0 radical (unpaired) electrons. The number of ether oxygens (including phenoxy) is 2. The lowest BCUT2D eigenvalue weighted by Gasteiger charge is -2.18. The van der Waals surface area contributed by atoms with Gasteiger partial charge in [-0.2, -0.15) is 0 Å². The number of methoxy groups -OCH3 is 1. The van der Waals surface area contributed by atoms with Gasteiger partial charge in [0.2, 0.25) is 0 Å². The number of hydrogen-bond donors (Lipinski definition) is 2. The van der Waals surface area contributed by atoms with Crippen molar-refractivity contribution in [3.05, 3.63) is 29.8 Å². The fourth-order valence-electron chi connectivity index (χ4n) is 1.41. The molecule has 18 heavy (non-hydrogen) atoms. The van der Waals surface area contributed by atoms with Crippen LogP contribution >= 0.6 is 0 Å². The van der Waals surface area contributed by atoms with Crippen molar-refractivity contribution in [3.8, 4) is 5.75 Å². The lowest BCUT2D eigenvalue weighted by atomic mass is 10.1. The van der Waals surface area contributed by atoms with Crippen LogP contribution in [0.5, 0.6) is 5.75 Å². The smallest absolute Gasteiger partial charge is 0.119 e. The normalized spacial score (nSPS) is 11.6. The molecule has 0 aliphatic rings. The van der Waals surface area contributed by atoms with E-state index in [2.05, 4.69) is 5.32 Å². The van der Waals surface area contributed by atoms with Crippen molar-refractivity contribution >= 4 is 0 Å². The van der Waals surface area contributed by atoms with E-state index in [0.717, 1.165) is 24.4 Å². The summed E-state index contributed by atoms with van der Waals surface area (Å²) in [5.41, 5.74) is 0.339. The van der Waals surface area contributed by atoms with Crippen LogP contribution in [0, 0.1) is 0 Å². The second-order valence-electron chi connectivity index (χ2n) is 4.92. The van der Waals surface area contributed by atoms with Crippen molar-refractivity contribution in [2.45, 2.75) is 26.0 Å². The molecule has 0 saturated carbocycles. The van der Waals surface area contributed by atoms with E-state index in [1.54, 1.807) is 21.0 Å². The minimum atomic E-state index is -0.813. The zero-order valence-corrected chi connectivity index (χ0v) is 11.4. The number of benzene rings is 1. The molecular weight excluding hydrogens is 230 g/mol. The Hall–Kier alpha value is -1.10. The van der Waals surface area contributed by atoms with Gasteiger partial charge in [0.25, 0.3) is 0 Å². The number of hydrogen-bond acceptors (Lipinski definition) is 4. The summed E-state index contributed by atoms with van der Waals surface area (Å²) in [5, 5.41) is 12.9. The first kappa shape index (κ1) is 15.0. The molecule has 2 N–H and O–H groups in total. The topological polar surface area (TPSA) is 50.7 Å². The van der Waals surface area contributed by atoms with Gasteiger partial charge in [0, 0.05) is 20.2 Å². The van der Waals surface area contributed by atoms with Crippen molar-refractivity contribution < 1.29 is 14.6 Å². The molecular formula is C14H23NO3. The summed E-state index contributed by atoms with van der Waals surface area (Å²) in [4.78, 5) is 0. The minimum absolute atomic E-state index is 0.285. The highest BCUT2D eigenvalue weighted by atomic mass is 16.5. The fraction of sp³-hybridized carbons (Fsp3) is 0.571. The van der Waals surface area contributed by atoms with Gasteiger partial charge < -0.3 is 19.9 Å². The van der Waals surface area contributed by atoms with E-state index in [0.29, 0.717) is 6.61 Å². The Kier molecular flexibility index (Phi) is 6.12. The zero-order valence-electron chi connectivity index (χ0n) is 11.4. The highest BCUT2D eigenvalue weighted by Gasteiger charge is 2.13. The summed E-state index contributed by atoms with van der Waals surface area (Å²) >= 11 is 0. The van der Waals surface area contributed by atoms with Crippen molar-refractivity contribution in [2.24, 2.45) is 0 Å². The first-order chi connectivity index (χ1) is 8.51. The van der Waals surface area contributed by atoms with Crippen LogP contribution in [0.25, 0.3) is 0 Å². The van der Waals surface area contributed by atoms with Gasteiger partial charge in [-0.05, 0) is 31.5 Å². The van der Waals surface area contributed by atoms with E-state index in [1.807, 2.05) is 24.3 Å². The molecule has 0 bridgehead atoms. The standard InChI is InChI=1S/C14H23NO3/c1-14(2,16)11-18-13-6-4-5-12(9-13)10-15-7-8-17-3/h4-6,9,15-16H,7-8,10-11H2,1-3H3. The van der Waals surface area contributed by atoms with Crippen LogP contribution in [0.3, 0.4) is 0 Å². The van der Waals surface area contributed by atoms with E-state index < -0.39 is 5.60 Å². The Balaban J connectivity index is 2.41. The van der Waals surface area contributed by atoms with Crippen molar-refractivity contribution in [1.29, 1.82) is 0 Å². The summed E-state index contributed by atoms with van der Waals surface area (Å²) in [6.07, 6.45) is 0.